The summed E-state index contributed by atoms with van der Waals surface area (Å²) in [5.74, 6) is 0.337. The normalized spacial score (nSPS) is 15.1. The molecule has 0 aromatic rings. The van der Waals surface area contributed by atoms with Crippen LogP contribution in [-0.4, -0.2) is 59.2 Å². The first-order valence-electron chi connectivity index (χ1n) is 14.4. The molecule has 0 aliphatic heterocycles. The van der Waals surface area contributed by atoms with E-state index in [-0.39, 0.29) is 24.2 Å². The molecule has 0 saturated carbocycles. The molecule has 9 heteroatoms. The highest BCUT2D eigenvalue weighted by atomic mass is 31.2. The van der Waals surface area contributed by atoms with E-state index in [1.165, 1.54) is 45.1 Å². The van der Waals surface area contributed by atoms with Gasteiger partial charge in [0.15, 0.2) is 0 Å². The molecule has 0 radical (unpaired) electrons. The lowest BCUT2D eigenvalue weighted by Gasteiger charge is -2.23. The van der Waals surface area contributed by atoms with Gasteiger partial charge in [0.1, 0.15) is 7.60 Å². The third-order valence-electron chi connectivity index (χ3n) is 6.25. The summed E-state index contributed by atoms with van der Waals surface area (Å²) in [6.07, 6.45) is 16.3. The summed E-state index contributed by atoms with van der Waals surface area (Å²) in [7, 11) is -0.997. The predicted molar refractivity (Wildman–Crippen MR) is 154 cm³/mol. The van der Waals surface area contributed by atoms with Crippen LogP contribution in [0.3, 0.4) is 0 Å². The third kappa shape index (κ3) is 38.8. The number of hydrogen-bond donors (Lipinski definition) is 3. The van der Waals surface area contributed by atoms with E-state index in [0.29, 0.717) is 0 Å². The van der Waals surface area contributed by atoms with E-state index in [4.69, 9.17) is 14.7 Å². The highest BCUT2D eigenvalue weighted by molar-refractivity contribution is 7.51. The van der Waals surface area contributed by atoms with Gasteiger partial charge in [-0.15, -0.1) is 0 Å². The van der Waals surface area contributed by atoms with Gasteiger partial charge < -0.3 is 28.6 Å². The molecule has 0 fully saturated rings. The fourth-order valence-electron chi connectivity index (χ4n) is 3.86. The van der Waals surface area contributed by atoms with Gasteiger partial charge in [0, 0.05) is 6.16 Å². The summed E-state index contributed by atoms with van der Waals surface area (Å²) >= 11 is 0. The number of unbranched alkanes of at least 4 members (excludes halogenated alkanes) is 7. The number of nitrogens with zero attached hydrogens (tertiary/aromatic N) is 1. The molecule has 222 valence electrons. The fourth-order valence-corrected chi connectivity index (χ4v) is 6.07. The second kappa shape index (κ2) is 24.3. The zero-order chi connectivity index (χ0) is 28.7. The minimum Gasteiger partial charge on any atom is -0.779 e. The van der Waals surface area contributed by atoms with Crippen molar-refractivity contribution in [2.75, 3.05) is 40.0 Å². The van der Waals surface area contributed by atoms with Crippen LogP contribution in [0, 0.1) is 11.8 Å². The molecule has 0 aromatic carbocycles. The minimum atomic E-state index is -4.03. The molecule has 0 amide bonds. The first-order chi connectivity index (χ1) is 16.5. The molecular formula is C27H63NO6P2. The first kappa shape index (κ1) is 40.8. The second-order valence-electron chi connectivity index (χ2n) is 11.3. The number of hydrogen-bond acceptors (Lipinski definition) is 3. The Morgan fingerprint density at radius 1 is 0.639 bits per heavy atom. The van der Waals surface area contributed by atoms with Gasteiger partial charge in [-0.3, -0.25) is 4.57 Å². The zero-order valence-corrected chi connectivity index (χ0v) is 26.9. The number of rotatable bonds is 19. The van der Waals surface area contributed by atoms with E-state index in [9.17, 15) is 14.0 Å². The maximum Gasteiger partial charge on any atom is 0.325 e. The van der Waals surface area contributed by atoms with Crippen LogP contribution in [0.2, 0.25) is 0 Å². The molecule has 0 aromatic heterocycles. The Balaban J connectivity index is -0.000000454. The molecule has 36 heavy (non-hydrogen) atoms. The Morgan fingerprint density at radius 2 is 1.03 bits per heavy atom. The maximum absolute atomic E-state index is 10.7. The maximum atomic E-state index is 10.7. The molecular weight excluding hydrogens is 496 g/mol. The van der Waals surface area contributed by atoms with Gasteiger partial charge >= 0.3 is 7.60 Å². The third-order valence-corrected chi connectivity index (χ3v) is 8.22. The molecule has 0 saturated heterocycles. The van der Waals surface area contributed by atoms with E-state index >= 15 is 0 Å². The van der Waals surface area contributed by atoms with Crippen molar-refractivity contribution >= 4 is 15.2 Å². The average molecular weight is 560 g/mol. The van der Waals surface area contributed by atoms with Crippen LogP contribution in [0.5, 0.6) is 0 Å². The smallest absolute Gasteiger partial charge is 0.325 e. The molecule has 3 atom stereocenters. The Kier molecular flexibility index (Phi) is 27.5. The Bertz CT molecular complexity index is 521. The predicted octanol–water partition coefficient (Wildman–Crippen LogP) is 7.18. The molecule has 0 heterocycles. The van der Waals surface area contributed by atoms with Crippen molar-refractivity contribution in [2.45, 2.75) is 125 Å². The van der Waals surface area contributed by atoms with E-state index in [0.717, 1.165) is 55.8 Å². The molecule has 0 rings (SSSR count). The highest BCUT2D eigenvalue weighted by Crippen LogP contribution is 2.39. The van der Waals surface area contributed by atoms with Crippen molar-refractivity contribution in [1.82, 2.24) is 0 Å². The molecule has 0 spiro atoms. The molecule has 3 unspecified atom stereocenters. The van der Waals surface area contributed by atoms with Crippen LogP contribution < -0.4 is 4.89 Å². The van der Waals surface area contributed by atoms with E-state index in [2.05, 4.69) is 41.9 Å². The van der Waals surface area contributed by atoms with E-state index in [1.54, 1.807) is 0 Å². The van der Waals surface area contributed by atoms with Crippen molar-refractivity contribution in [3.05, 3.63) is 0 Å². The molecule has 0 aliphatic carbocycles. The molecule has 0 aliphatic rings. The summed E-state index contributed by atoms with van der Waals surface area (Å²) in [5.41, 5.74) is 0. The Hall–Kier alpha value is 0.260. The SMILES string of the molecule is CCCCC(CC)CP(=O)(O)O.CCCCC(CC)CP(=O)([O-])O.CCCCCCCC[N+](C)(C)C. The van der Waals surface area contributed by atoms with Gasteiger partial charge in [0.2, 0.25) is 0 Å². The Morgan fingerprint density at radius 3 is 1.36 bits per heavy atom. The lowest BCUT2D eigenvalue weighted by Crippen LogP contribution is -2.35. The average Bonchev–Trinajstić information content (AvgIpc) is 2.75. The van der Waals surface area contributed by atoms with Gasteiger partial charge in [-0.1, -0.05) is 98.8 Å². The largest absolute Gasteiger partial charge is 0.779 e. The highest BCUT2D eigenvalue weighted by Gasteiger charge is 2.19. The van der Waals surface area contributed by atoms with Crippen LogP contribution in [0.25, 0.3) is 0 Å². The topological polar surface area (TPSA) is 118 Å². The fraction of sp³-hybridized carbons (Fsp3) is 1.00. The van der Waals surface area contributed by atoms with Crippen LogP contribution in [-0.2, 0) is 9.13 Å². The molecule has 7 nitrogen and oxygen atoms in total. The van der Waals surface area contributed by atoms with Gasteiger partial charge in [-0.25, -0.2) is 0 Å². The number of quaternary nitrogens is 1. The van der Waals surface area contributed by atoms with Crippen LogP contribution in [0.1, 0.15) is 125 Å². The van der Waals surface area contributed by atoms with Crippen molar-refractivity contribution < 1.29 is 33.2 Å². The Labute approximate surface area is 224 Å². The summed E-state index contributed by atoms with van der Waals surface area (Å²) in [6.45, 7) is 11.7. The van der Waals surface area contributed by atoms with Gasteiger partial charge in [-0.05, 0) is 37.5 Å². The quantitative estimate of drug-likeness (QED) is 0.0876. The first-order valence-corrected chi connectivity index (χ1v) is 18.0. The van der Waals surface area contributed by atoms with Crippen LogP contribution in [0.4, 0.5) is 0 Å². The standard InChI is InChI=1S/C11H26N.2C8H19O3P/c1-5-6-7-8-9-10-11-12(2,3)4;2*1-3-5-6-8(4-2)7-12(9,10)11/h5-11H2,1-4H3;2*8H,3-7H2,1-2H3,(H2,9,10,11)/q+1;;/p-1. The van der Waals surface area contributed by atoms with E-state index in [1.807, 2.05) is 13.8 Å². The van der Waals surface area contributed by atoms with Crippen LogP contribution >= 0.6 is 15.2 Å². The summed E-state index contributed by atoms with van der Waals surface area (Å²) < 4.78 is 22.3. The van der Waals surface area contributed by atoms with E-state index < -0.39 is 15.2 Å². The minimum absolute atomic E-state index is 0.0521. The van der Waals surface area contributed by atoms with Crippen molar-refractivity contribution in [3.63, 3.8) is 0 Å². The van der Waals surface area contributed by atoms with Gasteiger partial charge in [-0.2, -0.15) is 0 Å². The van der Waals surface area contributed by atoms with Crippen LogP contribution in [0.15, 0.2) is 0 Å². The molecule has 3 N–H and O–H groups in total. The summed E-state index contributed by atoms with van der Waals surface area (Å²) in [6, 6.07) is 0. The lowest BCUT2D eigenvalue weighted by atomic mass is 10.0. The molecule has 0 bridgehead atoms. The monoisotopic (exact) mass is 559 g/mol. The van der Waals surface area contributed by atoms with Gasteiger partial charge in [0.25, 0.3) is 0 Å². The second-order valence-corrected chi connectivity index (χ2v) is 14.6. The summed E-state index contributed by atoms with van der Waals surface area (Å²) in [4.78, 5) is 36.6. The summed E-state index contributed by atoms with van der Waals surface area (Å²) in [5, 5.41) is 0. The van der Waals surface area contributed by atoms with Gasteiger partial charge in [0.05, 0.1) is 33.8 Å². The van der Waals surface area contributed by atoms with Crippen molar-refractivity contribution in [1.29, 1.82) is 0 Å². The zero-order valence-electron chi connectivity index (χ0n) is 25.1. The lowest BCUT2D eigenvalue weighted by molar-refractivity contribution is -0.870. The van der Waals surface area contributed by atoms with Crippen molar-refractivity contribution in [3.8, 4) is 0 Å². The van der Waals surface area contributed by atoms with Crippen molar-refractivity contribution in [2.24, 2.45) is 11.8 Å².